The van der Waals surface area contributed by atoms with E-state index in [0.29, 0.717) is 17.1 Å². The van der Waals surface area contributed by atoms with Crippen LogP contribution in [-0.4, -0.2) is 55.9 Å². The highest BCUT2D eigenvalue weighted by molar-refractivity contribution is 5.82. The molecule has 0 radical (unpaired) electrons. The van der Waals surface area contributed by atoms with Crippen molar-refractivity contribution in [1.29, 1.82) is 0 Å². The van der Waals surface area contributed by atoms with Crippen molar-refractivity contribution in [2.24, 2.45) is 11.3 Å². The molecule has 2 rings (SSSR count). The van der Waals surface area contributed by atoms with Crippen molar-refractivity contribution in [3.05, 3.63) is 0 Å². The number of hydrogen-bond donors (Lipinski definition) is 0. The fourth-order valence-electron chi connectivity index (χ4n) is 3.49. The molecule has 0 aromatic carbocycles. The summed E-state index contributed by atoms with van der Waals surface area (Å²) >= 11 is 0. The van der Waals surface area contributed by atoms with Crippen LogP contribution in [0, 0.1) is 11.3 Å². The zero-order valence-electron chi connectivity index (χ0n) is 12.2. The van der Waals surface area contributed by atoms with Gasteiger partial charge in [0.15, 0.2) is 0 Å². The van der Waals surface area contributed by atoms with Crippen LogP contribution in [0.5, 0.6) is 0 Å². The van der Waals surface area contributed by atoms with Crippen LogP contribution in [0.2, 0.25) is 0 Å². The van der Waals surface area contributed by atoms with Gasteiger partial charge in [-0.25, -0.2) is 0 Å². The van der Waals surface area contributed by atoms with Gasteiger partial charge in [-0.2, -0.15) is 0 Å². The van der Waals surface area contributed by atoms with Crippen molar-refractivity contribution in [3.8, 4) is 0 Å². The van der Waals surface area contributed by atoms with Crippen LogP contribution >= 0.6 is 0 Å². The molecule has 2 aliphatic rings. The zero-order valence-corrected chi connectivity index (χ0v) is 12.2. The highest BCUT2D eigenvalue weighted by Gasteiger charge is 2.43. The molecular formula is C15H28N2O. The van der Waals surface area contributed by atoms with Crippen molar-refractivity contribution in [2.75, 3.05) is 40.3 Å². The standard InChI is InChI=1S/C15H28N2O/c1-13-5-6-15(11-14(13)18)7-10-17(12-15)9-4-8-16(2)3/h13H,4-12H2,1-3H3. The molecule has 0 aromatic heterocycles. The van der Waals surface area contributed by atoms with Gasteiger partial charge in [0.25, 0.3) is 0 Å². The molecule has 18 heavy (non-hydrogen) atoms. The Hall–Kier alpha value is -0.410. The summed E-state index contributed by atoms with van der Waals surface area (Å²) < 4.78 is 0. The second-order valence-corrected chi connectivity index (χ2v) is 6.77. The smallest absolute Gasteiger partial charge is 0.136 e. The van der Waals surface area contributed by atoms with E-state index in [9.17, 15) is 4.79 Å². The summed E-state index contributed by atoms with van der Waals surface area (Å²) in [7, 11) is 4.26. The van der Waals surface area contributed by atoms with E-state index >= 15 is 0 Å². The quantitative estimate of drug-likeness (QED) is 0.765. The van der Waals surface area contributed by atoms with Crippen molar-refractivity contribution < 1.29 is 4.79 Å². The largest absolute Gasteiger partial charge is 0.309 e. The van der Waals surface area contributed by atoms with Gasteiger partial charge < -0.3 is 9.80 Å². The maximum absolute atomic E-state index is 11.9. The fraction of sp³-hybridized carbons (Fsp3) is 0.933. The number of carbonyl (C=O) groups is 1. The summed E-state index contributed by atoms with van der Waals surface area (Å²) in [6, 6.07) is 0. The fourth-order valence-corrected chi connectivity index (χ4v) is 3.49. The van der Waals surface area contributed by atoms with Gasteiger partial charge >= 0.3 is 0 Å². The second-order valence-electron chi connectivity index (χ2n) is 6.77. The number of carbonyl (C=O) groups excluding carboxylic acids is 1. The molecule has 1 aliphatic heterocycles. The number of ketones is 1. The summed E-state index contributed by atoms with van der Waals surface area (Å²) in [5.41, 5.74) is 0.349. The molecule has 1 spiro atoms. The molecule has 3 nitrogen and oxygen atoms in total. The molecule has 104 valence electrons. The van der Waals surface area contributed by atoms with Crippen molar-refractivity contribution in [1.82, 2.24) is 9.80 Å². The topological polar surface area (TPSA) is 23.6 Å². The van der Waals surface area contributed by atoms with Crippen LogP contribution < -0.4 is 0 Å². The lowest BCUT2D eigenvalue weighted by Gasteiger charge is -2.35. The SMILES string of the molecule is CC1CCC2(CCN(CCCN(C)C)C2)CC1=O. The predicted molar refractivity (Wildman–Crippen MR) is 74.7 cm³/mol. The third-order valence-corrected chi connectivity index (χ3v) is 4.80. The van der Waals surface area contributed by atoms with E-state index in [4.69, 9.17) is 0 Å². The van der Waals surface area contributed by atoms with E-state index in [1.807, 2.05) is 0 Å². The Labute approximate surface area is 112 Å². The van der Waals surface area contributed by atoms with Crippen LogP contribution in [0.4, 0.5) is 0 Å². The van der Waals surface area contributed by atoms with E-state index < -0.39 is 0 Å². The summed E-state index contributed by atoms with van der Waals surface area (Å²) in [4.78, 5) is 16.8. The minimum Gasteiger partial charge on any atom is -0.309 e. The van der Waals surface area contributed by atoms with E-state index in [-0.39, 0.29) is 0 Å². The van der Waals surface area contributed by atoms with E-state index in [1.54, 1.807) is 0 Å². The lowest BCUT2D eigenvalue weighted by Crippen LogP contribution is -2.36. The number of hydrogen-bond acceptors (Lipinski definition) is 3. The highest BCUT2D eigenvalue weighted by atomic mass is 16.1. The van der Waals surface area contributed by atoms with Crippen LogP contribution in [-0.2, 0) is 4.79 Å². The summed E-state index contributed by atoms with van der Waals surface area (Å²) in [5.74, 6) is 0.829. The van der Waals surface area contributed by atoms with E-state index in [2.05, 4.69) is 30.8 Å². The Kier molecular flexibility index (Phi) is 4.44. The first-order valence-corrected chi connectivity index (χ1v) is 7.41. The Bertz CT molecular complexity index is 303. The monoisotopic (exact) mass is 252 g/mol. The highest BCUT2D eigenvalue weighted by Crippen LogP contribution is 2.43. The van der Waals surface area contributed by atoms with Gasteiger partial charge in [-0.3, -0.25) is 4.79 Å². The molecule has 0 bridgehead atoms. The number of likely N-dealkylation sites (tertiary alicyclic amines) is 1. The number of nitrogens with zero attached hydrogens (tertiary/aromatic N) is 2. The molecule has 2 unspecified atom stereocenters. The third kappa shape index (κ3) is 3.33. The molecule has 3 heteroatoms. The predicted octanol–water partition coefficient (Wildman–Crippen LogP) is 2.02. The molecular weight excluding hydrogens is 224 g/mol. The van der Waals surface area contributed by atoms with Gasteiger partial charge in [-0.05, 0) is 64.8 Å². The molecule has 1 saturated carbocycles. The minimum absolute atomic E-state index is 0.318. The maximum Gasteiger partial charge on any atom is 0.136 e. The summed E-state index contributed by atoms with van der Waals surface area (Å²) in [5, 5.41) is 0. The molecule has 1 saturated heterocycles. The lowest BCUT2D eigenvalue weighted by atomic mass is 9.70. The second kappa shape index (κ2) is 5.70. The van der Waals surface area contributed by atoms with Crippen molar-refractivity contribution in [3.63, 3.8) is 0 Å². The molecule has 2 fully saturated rings. The molecule has 0 N–H and O–H groups in total. The van der Waals surface area contributed by atoms with Crippen LogP contribution in [0.1, 0.15) is 39.0 Å². The Morgan fingerprint density at radius 3 is 2.83 bits per heavy atom. The van der Waals surface area contributed by atoms with Crippen LogP contribution in [0.3, 0.4) is 0 Å². The minimum atomic E-state index is 0.318. The Balaban J connectivity index is 1.79. The van der Waals surface area contributed by atoms with Gasteiger partial charge in [-0.15, -0.1) is 0 Å². The van der Waals surface area contributed by atoms with Crippen LogP contribution in [0.25, 0.3) is 0 Å². The number of rotatable bonds is 4. The summed E-state index contributed by atoms with van der Waals surface area (Å²) in [6.45, 7) is 6.83. The molecule has 1 heterocycles. The maximum atomic E-state index is 11.9. The first kappa shape index (κ1) is 14.0. The first-order valence-electron chi connectivity index (χ1n) is 7.41. The Morgan fingerprint density at radius 2 is 2.17 bits per heavy atom. The molecule has 0 aromatic rings. The van der Waals surface area contributed by atoms with E-state index in [0.717, 1.165) is 12.8 Å². The van der Waals surface area contributed by atoms with Gasteiger partial charge in [0.05, 0.1) is 0 Å². The third-order valence-electron chi connectivity index (χ3n) is 4.80. The normalized spacial score (nSPS) is 33.8. The molecule has 2 atom stereocenters. The lowest BCUT2D eigenvalue weighted by molar-refractivity contribution is -0.127. The van der Waals surface area contributed by atoms with Gasteiger partial charge in [0, 0.05) is 18.9 Å². The first-order chi connectivity index (χ1) is 8.51. The Morgan fingerprint density at radius 1 is 1.39 bits per heavy atom. The van der Waals surface area contributed by atoms with Crippen LogP contribution in [0.15, 0.2) is 0 Å². The number of Topliss-reactive ketones (excluding diaryl/α,β-unsaturated/α-hetero) is 1. The molecule has 0 amide bonds. The van der Waals surface area contributed by atoms with Gasteiger partial charge in [0.2, 0.25) is 0 Å². The van der Waals surface area contributed by atoms with Crippen molar-refractivity contribution >= 4 is 5.78 Å². The summed E-state index contributed by atoms with van der Waals surface area (Å²) in [6.07, 6.45) is 5.72. The average Bonchev–Trinajstić information content (AvgIpc) is 2.68. The van der Waals surface area contributed by atoms with Crippen molar-refractivity contribution in [2.45, 2.75) is 39.0 Å². The average molecular weight is 252 g/mol. The zero-order chi connectivity index (χ0) is 13.2. The van der Waals surface area contributed by atoms with Gasteiger partial charge in [0.1, 0.15) is 5.78 Å². The van der Waals surface area contributed by atoms with Gasteiger partial charge in [-0.1, -0.05) is 6.92 Å². The molecule has 1 aliphatic carbocycles. The van der Waals surface area contributed by atoms with E-state index in [1.165, 1.54) is 45.4 Å².